The number of aromatic nitrogens is 2. The summed E-state index contributed by atoms with van der Waals surface area (Å²) in [7, 11) is 0. The number of aryl methyl sites for hydroxylation is 1. The summed E-state index contributed by atoms with van der Waals surface area (Å²) < 4.78 is 0. The van der Waals surface area contributed by atoms with Crippen molar-refractivity contribution >= 4 is 34.3 Å². The standard InChI is InChI=1S/C26H20N4O2S/c27-14-20-24(16-9-11-18(31)12-10-16)19-6-2-7-21(19)30-26(20)33-15-23(32)29-22-8-1-4-17-5-3-13-28-25(17)22/h1,3-5,8-13,31H,2,6-7,15H2,(H,29,32). The number of pyridine rings is 2. The molecule has 2 N–H and O–H groups in total. The number of nitriles is 1. The SMILES string of the molecule is N#Cc1c(SCC(=O)Nc2cccc3cccnc23)nc2c(c1-c1ccc(O)cc1)CCC2. The molecule has 5 rings (SSSR count). The Morgan fingerprint density at radius 2 is 1.94 bits per heavy atom. The largest absolute Gasteiger partial charge is 0.508 e. The number of hydrogen-bond donors (Lipinski definition) is 2. The highest BCUT2D eigenvalue weighted by Gasteiger charge is 2.24. The van der Waals surface area contributed by atoms with Crippen molar-refractivity contribution in [3.63, 3.8) is 0 Å². The molecule has 1 aliphatic carbocycles. The predicted molar refractivity (Wildman–Crippen MR) is 129 cm³/mol. The number of amides is 1. The molecule has 0 atom stereocenters. The van der Waals surface area contributed by atoms with E-state index < -0.39 is 0 Å². The van der Waals surface area contributed by atoms with Crippen LogP contribution in [0.3, 0.4) is 0 Å². The number of rotatable bonds is 5. The zero-order valence-electron chi connectivity index (χ0n) is 17.7. The summed E-state index contributed by atoms with van der Waals surface area (Å²) in [6, 6.07) is 18.7. The molecule has 0 radical (unpaired) electrons. The molecule has 2 aromatic heterocycles. The fourth-order valence-electron chi connectivity index (χ4n) is 4.24. The lowest BCUT2D eigenvalue weighted by atomic mass is 9.95. The van der Waals surface area contributed by atoms with E-state index in [0.717, 1.165) is 52.5 Å². The molecule has 1 aliphatic rings. The molecule has 2 heterocycles. The average molecular weight is 453 g/mol. The van der Waals surface area contributed by atoms with Crippen LogP contribution in [0.15, 0.2) is 65.8 Å². The number of anilines is 1. The highest BCUT2D eigenvalue weighted by molar-refractivity contribution is 8.00. The summed E-state index contributed by atoms with van der Waals surface area (Å²) in [4.78, 5) is 21.9. The zero-order chi connectivity index (χ0) is 22.8. The number of aromatic hydroxyl groups is 1. The normalized spacial score (nSPS) is 12.3. The maximum atomic E-state index is 12.8. The van der Waals surface area contributed by atoms with Gasteiger partial charge in [0.05, 0.1) is 22.5 Å². The van der Waals surface area contributed by atoms with Crippen LogP contribution in [0.5, 0.6) is 5.75 Å². The number of carbonyl (C=O) groups is 1. The van der Waals surface area contributed by atoms with Crippen molar-refractivity contribution in [3.05, 3.63) is 77.6 Å². The highest BCUT2D eigenvalue weighted by Crippen LogP contribution is 2.39. The number of phenolic OH excluding ortho intramolecular Hbond substituents is 1. The minimum absolute atomic E-state index is 0.124. The topological polar surface area (TPSA) is 98.9 Å². The fraction of sp³-hybridized carbons (Fsp3) is 0.154. The molecule has 2 aromatic carbocycles. The van der Waals surface area contributed by atoms with E-state index in [0.29, 0.717) is 16.3 Å². The van der Waals surface area contributed by atoms with E-state index in [1.54, 1.807) is 18.3 Å². The van der Waals surface area contributed by atoms with Gasteiger partial charge in [-0.2, -0.15) is 5.26 Å². The van der Waals surface area contributed by atoms with Crippen LogP contribution in [-0.2, 0) is 17.6 Å². The van der Waals surface area contributed by atoms with Crippen molar-refractivity contribution in [1.29, 1.82) is 5.26 Å². The molecule has 0 spiro atoms. The van der Waals surface area contributed by atoms with E-state index in [1.807, 2.05) is 42.5 Å². The van der Waals surface area contributed by atoms with Crippen LogP contribution in [0.25, 0.3) is 22.0 Å². The molecule has 0 bridgehead atoms. The average Bonchev–Trinajstić information content (AvgIpc) is 3.31. The van der Waals surface area contributed by atoms with Gasteiger partial charge < -0.3 is 10.4 Å². The van der Waals surface area contributed by atoms with Crippen LogP contribution in [-0.4, -0.2) is 26.7 Å². The number of benzene rings is 2. The van der Waals surface area contributed by atoms with E-state index >= 15 is 0 Å². The van der Waals surface area contributed by atoms with Gasteiger partial charge in [-0.05, 0) is 54.7 Å². The quantitative estimate of drug-likeness (QED) is 0.409. The molecule has 4 aromatic rings. The number of nitrogens with one attached hydrogen (secondary N) is 1. The Bertz CT molecular complexity index is 1410. The summed E-state index contributed by atoms with van der Waals surface area (Å²) in [5.74, 6) is 0.117. The van der Waals surface area contributed by atoms with Gasteiger partial charge in [-0.25, -0.2) is 4.98 Å². The number of thioether (sulfide) groups is 1. The lowest BCUT2D eigenvalue weighted by molar-refractivity contribution is -0.113. The Kier molecular flexibility index (Phi) is 5.68. The maximum absolute atomic E-state index is 12.8. The summed E-state index contributed by atoms with van der Waals surface area (Å²) in [5.41, 5.74) is 5.68. The second-order valence-electron chi connectivity index (χ2n) is 7.82. The van der Waals surface area contributed by atoms with Gasteiger partial charge in [0.1, 0.15) is 16.8 Å². The molecule has 0 saturated heterocycles. The molecular formula is C26H20N4O2S. The van der Waals surface area contributed by atoms with Gasteiger partial charge >= 0.3 is 0 Å². The lowest BCUT2D eigenvalue weighted by Crippen LogP contribution is -2.15. The first-order valence-corrected chi connectivity index (χ1v) is 11.6. The third-order valence-electron chi connectivity index (χ3n) is 5.71. The Balaban J connectivity index is 1.43. The zero-order valence-corrected chi connectivity index (χ0v) is 18.5. The van der Waals surface area contributed by atoms with Crippen molar-refractivity contribution in [2.45, 2.75) is 24.3 Å². The Hall–Kier alpha value is -3.89. The molecule has 0 unspecified atom stereocenters. The van der Waals surface area contributed by atoms with Crippen LogP contribution in [0.2, 0.25) is 0 Å². The Morgan fingerprint density at radius 3 is 2.76 bits per heavy atom. The van der Waals surface area contributed by atoms with Gasteiger partial charge in [0, 0.05) is 22.8 Å². The first kappa shape index (κ1) is 21.0. The second kappa shape index (κ2) is 8.93. The number of nitrogens with zero attached hydrogens (tertiary/aromatic N) is 3. The van der Waals surface area contributed by atoms with Gasteiger partial charge in [0.25, 0.3) is 0 Å². The molecule has 0 saturated carbocycles. The molecule has 7 heteroatoms. The maximum Gasteiger partial charge on any atom is 0.234 e. The van der Waals surface area contributed by atoms with Gasteiger partial charge in [-0.3, -0.25) is 9.78 Å². The van der Waals surface area contributed by atoms with Crippen molar-refractivity contribution in [3.8, 4) is 22.9 Å². The van der Waals surface area contributed by atoms with Crippen LogP contribution >= 0.6 is 11.8 Å². The number of carbonyl (C=O) groups excluding carboxylic acids is 1. The minimum atomic E-state index is -0.185. The highest BCUT2D eigenvalue weighted by atomic mass is 32.2. The number of para-hydroxylation sites is 1. The Morgan fingerprint density at radius 1 is 1.12 bits per heavy atom. The van der Waals surface area contributed by atoms with E-state index in [-0.39, 0.29) is 17.4 Å². The molecule has 33 heavy (non-hydrogen) atoms. The summed E-state index contributed by atoms with van der Waals surface area (Å²) >= 11 is 1.27. The lowest BCUT2D eigenvalue weighted by Gasteiger charge is -2.15. The van der Waals surface area contributed by atoms with E-state index in [2.05, 4.69) is 16.4 Å². The van der Waals surface area contributed by atoms with Crippen molar-refractivity contribution in [2.24, 2.45) is 0 Å². The molecule has 0 fully saturated rings. The van der Waals surface area contributed by atoms with Gasteiger partial charge in [-0.15, -0.1) is 0 Å². The monoisotopic (exact) mass is 452 g/mol. The summed E-state index contributed by atoms with van der Waals surface area (Å²) in [5, 5.41) is 24.1. The smallest absolute Gasteiger partial charge is 0.234 e. The third-order valence-corrected chi connectivity index (χ3v) is 6.68. The van der Waals surface area contributed by atoms with Crippen LogP contribution in [0.1, 0.15) is 23.2 Å². The molecular weight excluding hydrogens is 432 g/mol. The van der Waals surface area contributed by atoms with Crippen molar-refractivity contribution in [1.82, 2.24) is 9.97 Å². The second-order valence-corrected chi connectivity index (χ2v) is 8.79. The van der Waals surface area contributed by atoms with Crippen LogP contribution in [0, 0.1) is 11.3 Å². The number of fused-ring (bicyclic) bond motifs is 2. The summed E-state index contributed by atoms with van der Waals surface area (Å²) in [6.07, 6.45) is 4.41. The molecule has 162 valence electrons. The minimum Gasteiger partial charge on any atom is -0.508 e. The molecule has 1 amide bonds. The molecule has 0 aliphatic heterocycles. The van der Waals surface area contributed by atoms with Gasteiger partial charge in [0.2, 0.25) is 5.91 Å². The fourth-order valence-corrected chi connectivity index (χ4v) is 5.04. The predicted octanol–water partition coefficient (Wildman–Crippen LogP) is 5.09. The molecule has 6 nitrogen and oxygen atoms in total. The number of hydrogen-bond acceptors (Lipinski definition) is 6. The van der Waals surface area contributed by atoms with Crippen molar-refractivity contribution < 1.29 is 9.90 Å². The van der Waals surface area contributed by atoms with Gasteiger partial charge in [-0.1, -0.05) is 42.1 Å². The first-order chi connectivity index (χ1) is 16.1. The summed E-state index contributed by atoms with van der Waals surface area (Å²) in [6.45, 7) is 0. The van der Waals surface area contributed by atoms with Gasteiger partial charge in [0.15, 0.2) is 0 Å². The van der Waals surface area contributed by atoms with E-state index in [4.69, 9.17) is 4.98 Å². The third kappa shape index (κ3) is 4.13. The van der Waals surface area contributed by atoms with E-state index in [9.17, 15) is 15.2 Å². The van der Waals surface area contributed by atoms with Crippen LogP contribution < -0.4 is 5.32 Å². The van der Waals surface area contributed by atoms with E-state index in [1.165, 1.54) is 11.8 Å². The van der Waals surface area contributed by atoms with Crippen LogP contribution in [0.4, 0.5) is 5.69 Å². The first-order valence-electron chi connectivity index (χ1n) is 10.7. The number of phenols is 1. The Labute approximate surface area is 195 Å². The van der Waals surface area contributed by atoms with Crippen molar-refractivity contribution in [2.75, 3.05) is 11.1 Å².